The zero-order valence-electron chi connectivity index (χ0n) is 13.6. The molecule has 1 rings (SSSR count). The Balaban J connectivity index is 2.31. The summed E-state index contributed by atoms with van der Waals surface area (Å²) >= 11 is 5.21. The van der Waals surface area contributed by atoms with Crippen molar-refractivity contribution in [3.05, 3.63) is 0 Å². The Kier molecular flexibility index (Phi) is 8.19. The second-order valence-corrected chi connectivity index (χ2v) is 6.76. The van der Waals surface area contributed by atoms with Gasteiger partial charge in [-0.05, 0) is 26.3 Å². The zero-order chi connectivity index (χ0) is 15.7. The van der Waals surface area contributed by atoms with Crippen molar-refractivity contribution in [1.82, 2.24) is 10.2 Å². The van der Waals surface area contributed by atoms with Crippen LogP contribution in [0.2, 0.25) is 0 Å². The number of nitrogens with zero attached hydrogens (tertiary/aromatic N) is 1. The van der Waals surface area contributed by atoms with Crippen LogP contribution >= 0.6 is 12.2 Å². The maximum Gasteiger partial charge on any atom is 0.220 e. The molecule has 0 atom stereocenters. The van der Waals surface area contributed by atoms with Crippen LogP contribution in [0.3, 0.4) is 0 Å². The molecule has 0 aromatic heterocycles. The number of likely N-dealkylation sites (tertiary alicyclic amines) is 1. The summed E-state index contributed by atoms with van der Waals surface area (Å²) in [5.74, 6) is 0.0999. The van der Waals surface area contributed by atoms with E-state index >= 15 is 0 Å². The fraction of sp³-hybridized carbons (Fsp3) is 0.875. The topological polar surface area (TPSA) is 58.4 Å². The highest BCUT2D eigenvalue weighted by Crippen LogP contribution is 2.22. The number of rotatable bonds is 9. The number of amides is 1. The molecule has 1 heterocycles. The lowest BCUT2D eigenvalue weighted by Crippen LogP contribution is -2.61. The van der Waals surface area contributed by atoms with E-state index in [-0.39, 0.29) is 5.91 Å². The molecule has 1 saturated heterocycles. The van der Waals surface area contributed by atoms with E-state index in [9.17, 15) is 4.79 Å². The highest BCUT2D eigenvalue weighted by atomic mass is 32.1. The first-order valence-electron chi connectivity index (χ1n) is 8.29. The number of hydrogen-bond donors (Lipinski definition) is 2. The van der Waals surface area contributed by atoms with Crippen molar-refractivity contribution in [2.75, 3.05) is 20.1 Å². The molecule has 0 unspecified atom stereocenters. The van der Waals surface area contributed by atoms with Crippen LogP contribution in [0, 0.1) is 0 Å². The number of nitrogens with two attached hydrogens (primary N) is 1. The molecule has 5 heteroatoms. The first-order valence-corrected chi connectivity index (χ1v) is 8.70. The van der Waals surface area contributed by atoms with Gasteiger partial charge in [0, 0.05) is 19.5 Å². The summed E-state index contributed by atoms with van der Waals surface area (Å²) in [7, 11) is 2.08. The molecule has 1 aliphatic heterocycles. The molecule has 1 fully saturated rings. The molecule has 0 spiro atoms. The highest BCUT2D eigenvalue weighted by Gasteiger charge is 2.37. The Morgan fingerprint density at radius 3 is 2.33 bits per heavy atom. The Hall–Kier alpha value is -0.680. The van der Waals surface area contributed by atoms with Crippen molar-refractivity contribution < 1.29 is 4.79 Å². The Labute approximate surface area is 134 Å². The van der Waals surface area contributed by atoms with Crippen molar-refractivity contribution in [2.45, 2.75) is 70.3 Å². The van der Waals surface area contributed by atoms with E-state index in [1.165, 1.54) is 25.7 Å². The second-order valence-electron chi connectivity index (χ2n) is 6.32. The van der Waals surface area contributed by atoms with Crippen LogP contribution in [-0.2, 0) is 4.79 Å². The maximum absolute atomic E-state index is 12.2. The van der Waals surface area contributed by atoms with Crippen molar-refractivity contribution >= 4 is 23.1 Å². The first-order chi connectivity index (χ1) is 10.00. The summed E-state index contributed by atoms with van der Waals surface area (Å²) in [6.45, 7) is 4.06. The van der Waals surface area contributed by atoms with Gasteiger partial charge in [0.05, 0.1) is 10.5 Å². The minimum Gasteiger partial charge on any atom is -0.391 e. The molecule has 0 saturated carbocycles. The second kappa shape index (κ2) is 9.36. The van der Waals surface area contributed by atoms with Gasteiger partial charge < -0.3 is 16.0 Å². The van der Waals surface area contributed by atoms with Crippen molar-refractivity contribution in [1.29, 1.82) is 0 Å². The average molecular weight is 314 g/mol. The summed E-state index contributed by atoms with van der Waals surface area (Å²) < 4.78 is 0. The molecule has 1 aliphatic rings. The quantitative estimate of drug-likeness (QED) is 0.507. The van der Waals surface area contributed by atoms with Gasteiger partial charge in [0.1, 0.15) is 0 Å². The van der Waals surface area contributed by atoms with Gasteiger partial charge in [0.25, 0.3) is 0 Å². The summed E-state index contributed by atoms with van der Waals surface area (Å²) in [5.41, 5.74) is 5.45. The lowest BCUT2D eigenvalue weighted by atomic mass is 9.87. The predicted molar refractivity (Wildman–Crippen MR) is 92.4 cm³/mol. The number of nitrogens with one attached hydrogen (secondary N) is 1. The Morgan fingerprint density at radius 1 is 1.19 bits per heavy atom. The third-order valence-corrected chi connectivity index (χ3v) is 4.84. The number of thiocarbonyl (C=S) groups is 1. The SMILES string of the molecule is CCCCCCCCC(=O)NC1(C(N)=S)CCN(C)CC1. The van der Waals surface area contributed by atoms with Crippen LogP contribution in [0.15, 0.2) is 0 Å². The minimum absolute atomic E-state index is 0.0999. The normalized spacial score (nSPS) is 18.4. The van der Waals surface area contributed by atoms with Gasteiger partial charge in [-0.3, -0.25) is 4.79 Å². The molecule has 122 valence electrons. The summed E-state index contributed by atoms with van der Waals surface area (Å²) in [5, 5.41) is 3.12. The fourth-order valence-electron chi connectivity index (χ4n) is 2.83. The lowest BCUT2D eigenvalue weighted by molar-refractivity contribution is -0.122. The molecular formula is C16H31N3OS. The van der Waals surface area contributed by atoms with Crippen LogP contribution in [0.25, 0.3) is 0 Å². The largest absolute Gasteiger partial charge is 0.391 e. The zero-order valence-corrected chi connectivity index (χ0v) is 14.4. The number of carbonyl (C=O) groups is 1. The monoisotopic (exact) mass is 313 g/mol. The van der Waals surface area contributed by atoms with E-state index in [2.05, 4.69) is 24.2 Å². The standard InChI is InChI=1S/C16H31N3OS/c1-3-4-5-6-7-8-9-14(20)18-16(15(17)21)10-12-19(2)13-11-16/h3-13H2,1-2H3,(H2,17,21)(H,18,20). The minimum atomic E-state index is -0.457. The molecule has 21 heavy (non-hydrogen) atoms. The third kappa shape index (κ3) is 6.30. The molecule has 4 nitrogen and oxygen atoms in total. The molecule has 1 amide bonds. The van der Waals surface area contributed by atoms with E-state index in [0.717, 1.165) is 38.8 Å². The van der Waals surface area contributed by atoms with Crippen LogP contribution in [0.4, 0.5) is 0 Å². The van der Waals surface area contributed by atoms with E-state index < -0.39 is 5.54 Å². The number of carbonyl (C=O) groups excluding carboxylic acids is 1. The van der Waals surface area contributed by atoms with Gasteiger partial charge in [-0.15, -0.1) is 0 Å². The molecule has 0 aromatic rings. The molecule has 0 radical (unpaired) electrons. The van der Waals surface area contributed by atoms with E-state index in [1.54, 1.807) is 0 Å². The van der Waals surface area contributed by atoms with Gasteiger partial charge >= 0.3 is 0 Å². The van der Waals surface area contributed by atoms with Gasteiger partial charge in [0.2, 0.25) is 5.91 Å². The fourth-order valence-corrected chi connectivity index (χ4v) is 3.08. The van der Waals surface area contributed by atoms with Crippen molar-refractivity contribution in [3.8, 4) is 0 Å². The molecular weight excluding hydrogens is 282 g/mol. The van der Waals surface area contributed by atoms with Crippen LogP contribution in [0.1, 0.15) is 64.7 Å². The lowest BCUT2D eigenvalue weighted by Gasteiger charge is -2.40. The van der Waals surface area contributed by atoms with Gasteiger partial charge in [0.15, 0.2) is 0 Å². The first kappa shape index (κ1) is 18.4. The Bertz CT molecular complexity index is 338. The summed E-state index contributed by atoms with van der Waals surface area (Å²) in [6.07, 6.45) is 9.39. The number of unbranched alkanes of at least 4 members (excludes halogenated alkanes) is 5. The predicted octanol–water partition coefficient (Wildman–Crippen LogP) is 2.60. The van der Waals surface area contributed by atoms with Crippen molar-refractivity contribution in [3.63, 3.8) is 0 Å². The molecule has 0 aliphatic carbocycles. The van der Waals surface area contributed by atoms with Gasteiger partial charge in [-0.2, -0.15) is 0 Å². The molecule has 3 N–H and O–H groups in total. The molecule has 0 bridgehead atoms. The highest BCUT2D eigenvalue weighted by molar-refractivity contribution is 7.80. The number of hydrogen-bond acceptors (Lipinski definition) is 3. The van der Waals surface area contributed by atoms with Crippen LogP contribution in [0.5, 0.6) is 0 Å². The third-order valence-electron chi connectivity index (χ3n) is 4.45. The number of piperidine rings is 1. The average Bonchev–Trinajstić information content (AvgIpc) is 2.45. The smallest absolute Gasteiger partial charge is 0.220 e. The van der Waals surface area contributed by atoms with Crippen LogP contribution < -0.4 is 11.1 Å². The van der Waals surface area contributed by atoms with Crippen LogP contribution in [-0.4, -0.2) is 41.5 Å². The van der Waals surface area contributed by atoms with Gasteiger partial charge in [-0.1, -0.05) is 51.2 Å². The molecule has 0 aromatic carbocycles. The maximum atomic E-state index is 12.2. The van der Waals surface area contributed by atoms with E-state index in [4.69, 9.17) is 18.0 Å². The summed E-state index contributed by atoms with van der Waals surface area (Å²) in [4.78, 5) is 14.8. The van der Waals surface area contributed by atoms with Gasteiger partial charge in [-0.25, -0.2) is 0 Å². The van der Waals surface area contributed by atoms with Crippen molar-refractivity contribution in [2.24, 2.45) is 5.73 Å². The Morgan fingerprint density at radius 2 is 1.76 bits per heavy atom. The van der Waals surface area contributed by atoms with E-state index in [0.29, 0.717) is 11.4 Å². The van der Waals surface area contributed by atoms with E-state index in [1.807, 2.05) is 0 Å². The summed E-state index contributed by atoms with van der Waals surface area (Å²) in [6, 6.07) is 0.